The molecule has 0 aliphatic carbocycles. The van der Waals surface area contributed by atoms with E-state index in [1.165, 1.54) is 11.3 Å². The molecule has 1 aromatic carbocycles. The molecule has 6 nitrogen and oxygen atoms in total. The second kappa shape index (κ2) is 7.87. The summed E-state index contributed by atoms with van der Waals surface area (Å²) in [6.45, 7) is 4.44. The van der Waals surface area contributed by atoms with Crippen LogP contribution in [0.3, 0.4) is 0 Å². The molecular formula is C19H28N4O2. The maximum atomic E-state index is 12.7. The van der Waals surface area contributed by atoms with E-state index in [0.29, 0.717) is 26.1 Å². The van der Waals surface area contributed by atoms with Crippen molar-refractivity contribution in [1.29, 1.82) is 0 Å². The molecule has 1 fully saturated rings. The second-order valence-electron chi connectivity index (χ2n) is 7.03. The highest BCUT2D eigenvalue weighted by molar-refractivity contribution is 5.81. The molecule has 1 N–H and O–H groups in total. The largest absolute Gasteiger partial charge is 0.370 e. The summed E-state index contributed by atoms with van der Waals surface area (Å²) in [5.74, 6) is 0.00238. The van der Waals surface area contributed by atoms with Crippen molar-refractivity contribution in [2.75, 3.05) is 58.3 Å². The first-order valence-electron chi connectivity index (χ1n) is 9.09. The molecule has 0 saturated carbocycles. The Hall–Kier alpha value is -2.08. The molecule has 0 radical (unpaired) electrons. The number of para-hydroxylation sites is 1. The fourth-order valence-corrected chi connectivity index (χ4v) is 3.80. The van der Waals surface area contributed by atoms with Crippen molar-refractivity contribution < 1.29 is 9.59 Å². The Bertz CT molecular complexity index is 634. The highest BCUT2D eigenvalue weighted by atomic mass is 16.2. The van der Waals surface area contributed by atoms with Gasteiger partial charge in [0.2, 0.25) is 11.8 Å². The number of carbonyl (C=O) groups is 2. The smallest absolute Gasteiger partial charge is 0.225 e. The minimum absolute atomic E-state index is 0.0139. The number of carbonyl (C=O) groups excluding carboxylic acids is 2. The zero-order chi connectivity index (χ0) is 17.8. The summed E-state index contributed by atoms with van der Waals surface area (Å²) in [7, 11) is 3.66. The van der Waals surface area contributed by atoms with Crippen LogP contribution in [0.4, 0.5) is 5.69 Å². The number of likely N-dealkylation sites (N-methyl/N-ethyl adjacent to an activating group) is 1. The average molecular weight is 344 g/mol. The van der Waals surface area contributed by atoms with E-state index in [9.17, 15) is 9.59 Å². The van der Waals surface area contributed by atoms with Gasteiger partial charge < -0.3 is 20.0 Å². The Morgan fingerprint density at radius 1 is 1.16 bits per heavy atom. The molecule has 2 amide bonds. The predicted octanol–water partition coefficient (Wildman–Crippen LogP) is 0.575. The highest BCUT2D eigenvalue weighted by Gasteiger charge is 2.28. The predicted molar refractivity (Wildman–Crippen MR) is 98.6 cm³/mol. The fraction of sp³-hybridized carbons (Fsp3) is 0.579. The number of hydrogen-bond donors (Lipinski definition) is 1. The molecule has 25 heavy (non-hydrogen) atoms. The molecule has 6 heteroatoms. The van der Waals surface area contributed by atoms with Crippen LogP contribution < -0.4 is 10.2 Å². The molecule has 0 bridgehead atoms. The molecule has 2 aliphatic heterocycles. The zero-order valence-corrected chi connectivity index (χ0v) is 15.2. The van der Waals surface area contributed by atoms with Gasteiger partial charge in [-0.25, -0.2) is 0 Å². The van der Waals surface area contributed by atoms with Crippen LogP contribution in [0.2, 0.25) is 0 Å². The first kappa shape index (κ1) is 17.7. The number of benzene rings is 1. The van der Waals surface area contributed by atoms with Gasteiger partial charge in [0, 0.05) is 58.4 Å². The summed E-state index contributed by atoms with van der Waals surface area (Å²) in [6.07, 6.45) is 1.55. The third kappa shape index (κ3) is 4.12. The van der Waals surface area contributed by atoms with Gasteiger partial charge in [-0.15, -0.1) is 0 Å². The minimum atomic E-state index is -0.158. The average Bonchev–Trinajstić information content (AvgIpc) is 2.93. The number of nitrogens with zero attached hydrogens (tertiary/aromatic N) is 3. The molecule has 1 atom stereocenters. The maximum Gasteiger partial charge on any atom is 0.225 e. The van der Waals surface area contributed by atoms with Crippen molar-refractivity contribution in [2.45, 2.75) is 12.8 Å². The molecule has 2 aliphatic rings. The van der Waals surface area contributed by atoms with E-state index >= 15 is 0 Å². The van der Waals surface area contributed by atoms with Crippen molar-refractivity contribution >= 4 is 17.5 Å². The lowest BCUT2D eigenvalue weighted by Crippen LogP contribution is -2.42. The van der Waals surface area contributed by atoms with Crippen LogP contribution in [0, 0.1) is 5.92 Å². The topological polar surface area (TPSA) is 55.9 Å². The molecule has 1 aromatic rings. The van der Waals surface area contributed by atoms with E-state index in [1.807, 2.05) is 11.9 Å². The van der Waals surface area contributed by atoms with Gasteiger partial charge in [0.1, 0.15) is 0 Å². The number of fused-ring (bicyclic) bond motifs is 1. The van der Waals surface area contributed by atoms with Gasteiger partial charge >= 0.3 is 0 Å². The van der Waals surface area contributed by atoms with Gasteiger partial charge in [0.15, 0.2) is 0 Å². The normalized spacial score (nSPS) is 21.0. The molecule has 0 aromatic heterocycles. The van der Waals surface area contributed by atoms with E-state index in [1.54, 1.807) is 7.05 Å². The Labute approximate surface area is 149 Å². The van der Waals surface area contributed by atoms with Gasteiger partial charge in [-0.05, 0) is 25.1 Å². The van der Waals surface area contributed by atoms with E-state index in [2.05, 4.69) is 39.4 Å². The van der Waals surface area contributed by atoms with E-state index < -0.39 is 0 Å². The Balaban J connectivity index is 1.58. The molecule has 136 valence electrons. The van der Waals surface area contributed by atoms with Gasteiger partial charge in [-0.1, -0.05) is 18.2 Å². The first-order chi connectivity index (χ1) is 12.1. The lowest BCUT2D eigenvalue weighted by atomic mass is 10.1. The Kier molecular flexibility index (Phi) is 5.58. The summed E-state index contributed by atoms with van der Waals surface area (Å²) < 4.78 is 0. The van der Waals surface area contributed by atoms with Crippen molar-refractivity contribution in [2.24, 2.45) is 5.92 Å². The van der Waals surface area contributed by atoms with Gasteiger partial charge in [-0.3, -0.25) is 9.59 Å². The number of anilines is 1. The number of nitrogens with one attached hydrogen (secondary N) is 1. The monoisotopic (exact) mass is 344 g/mol. The summed E-state index contributed by atoms with van der Waals surface area (Å²) in [5, 5.41) is 2.72. The molecule has 0 unspecified atom stereocenters. The number of rotatable bonds is 4. The van der Waals surface area contributed by atoms with Crippen molar-refractivity contribution in [1.82, 2.24) is 15.1 Å². The molecular weight excluding hydrogens is 316 g/mol. The molecule has 3 rings (SSSR count). The summed E-state index contributed by atoms with van der Waals surface area (Å²) in [4.78, 5) is 31.1. The second-order valence-corrected chi connectivity index (χ2v) is 7.03. The van der Waals surface area contributed by atoms with Gasteiger partial charge in [0.25, 0.3) is 0 Å². The van der Waals surface area contributed by atoms with Crippen LogP contribution in [-0.4, -0.2) is 75.0 Å². The lowest BCUT2D eigenvalue weighted by molar-refractivity contribution is -0.132. The van der Waals surface area contributed by atoms with E-state index in [-0.39, 0.29) is 17.7 Å². The molecule has 2 heterocycles. The van der Waals surface area contributed by atoms with E-state index in [4.69, 9.17) is 0 Å². The van der Waals surface area contributed by atoms with Crippen LogP contribution >= 0.6 is 0 Å². The van der Waals surface area contributed by atoms with Crippen LogP contribution in [-0.2, 0) is 16.0 Å². The zero-order valence-electron chi connectivity index (χ0n) is 15.2. The highest BCUT2D eigenvalue weighted by Crippen LogP contribution is 2.27. The van der Waals surface area contributed by atoms with Gasteiger partial charge in [-0.2, -0.15) is 0 Å². The molecule has 0 spiro atoms. The number of amides is 2. The van der Waals surface area contributed by atoms with E-state index in [0.717, 1.165) is 26.1 Å². The van der Waals surface area contributed by atoms with Crippen LogP contribution in [0.25, 0.3) is 0 Å². The van der Waals surface area contributed by atoms with Crippen LogP contribution in [0.15, 0.2) is 24.3 Å². The van der Waals surface area contributed by atoms with Crippen LogP contribution in [0.5, 0.6) is 0 Å². The van der Waals surface area contributed by atoms with Crippen LogP contribution in [0.1, 0.15) is 12.0 Å². The lowest BCUT2D eigenvalue weighted by Gasteiger charge is -2.25. The maximum absolute atomic E-state index is 12.7. The quantitative estimate of drug-likeness (QED) is 0.868. The summed E-state index contributed by atoms with van der Waals surface area (Å²) in [5.41, 5.74) is 2.63. The third-order valence-corrected chi connectivity index (χ3v) is 5.27. The third-order valence-electron chi connectivity index (χ3n) is 5.27. The number of hydrogen-bond acceptors (Lipinski definition) is 4. The van der Waals surface area contributed by atoms with Crippen molar-refractivity contribution in [3.8, 4) is 0 Å². The SMILES string of the molecule is CNC(=O)[C@H]1CN(C)CCN(C(=O)CCN2CCc3ccccc32)C1. The molecule has 1 saturated heterocycles. The van der Waals surface area contributed by atoms with Crippen molar-refractivity contribution in [3.63, 3.8) is 0 Å². The fourth-order valence-electron chi connectivity index (χ4n) is 3.80. The Morgan fingerprint density at radius 3 is 2.76 bits per heavy atom. The Morgan fingerprint density at radius 2 is 1.96 bits per heavy atom. The van der Waals surface area contributed by atoms with Crippen molar-refractivity contribution in [3.05, 3.63) is 29.8 Å². The van der Waals surface area contributed by atoms with Gasteiger partial charge in [0.05, 0.1) is 5.92 Å². The standard InChI is InChI=1S/C19H28N4O2/c1-20-19(25)16-13-21(2)11-12-23(14-16)18(24)8-10-22-9-7-15-5-3-4-6-17(15)22/h3-6,16H,7-14H2,1-2H3,(H,20,25)/t16-/m0/s1. The summed E-state index contributed by atoms with van der Waals surface area (Å²) in [6, 6.07) is 8.42. The summed E-state index contributed by atoms with van der Waals surface area (Å²) >= 11 is 0. The first-order valence-corrected chi connectivity index (χ1v) is 9.09. The minimum Gasteiger partial charge on any atom is -0.370 e.